The van der Waals surface area contributed by atoms with E-state index in [1.165, 1.54) is 0 Å². The summed E-state index contributed by atoms with van der Waals surface area (Å²) in [6, 6.07) is 0. The molecule has 0 saturated heterocycles. The molecule has 0 aromatic rings. The summed E-state index contributed by atoms with van der Waals surface area (Å²) in [5, 5.41) is 8.50. The Morgan fingerprint density at radius 2 is 1.25 bits per heavy atom. The SMILES string of the molecule is CC/C=C\CC/C=C/C=C\C/C=C\C/C=C\C=C\CCCC(=O)O. The quantitative estimate of drug-likeness (QED) is 0.223. The lowest BCUT2D eigenvalue weighted by molar-refractivity contribution is -0.137. The maximum atomic E-state index is 10.3. The first-order valence-corrected chi connectivity index (χ1v) is 8.92. The topological polar surface area (TPSA) is 37.3 Å². The Morgan fingerprint density at radius 3 is 1.83 bits per heavy atom. The van der Waals surface area contributed by atoms with Crippen LogP contribution in [-0.4, -0.2) is 11.1 Å². The van der Waals surface area contributed by atoms with Crippen molar-refractivity contribution in [2.24, 2.45) is 0 Å². The van der Waals surface area contributed by atoms with Crippen LogP contribution in [-0.2, 0) is 4.79 Å². The van der Waals surface area contributed by atoms with E-state index in [1.54, 1.807) is 0 Å². The van der Waals surface area contributed by atoms with Crippen LogP contribution in [0.15, 0.2) is 72.9 Å². The molecule has 0 bridgehead atoms. The molecule has 0 aliphatic rings. The lowest BCUT2D eigenvalue weighted by Crippen LogP contribution is -1.92. The molecule has 0 radical (unpaired) electrons. The molecule has 0 fully saturated rings. The smallest absolute Gasteiger partial charge is 0.303 e. The van der Waals surface area contributed by atoms with Gasteiger partial charge in [0.1, 0.15) is 0 Å². The largest absolute Gasteiger partial charge is 0.481 e. The third kappa shape index (κ3) is 19.9. The highest BCUT2D eigenvalue weighted by molar-refractivity contribution is 5.66. The summed E-state index contributed by atoms with van der Waals surface area (Å²) >= 11 is 0. The lowest BCUT2D eigenvalue weighted by atomic mass is 10.2. The van der Waals surface area contributed by atoms with Crippen LogP contribution in [0.2, 0.25) is 0 Å². The van der Waals surface area contributed by atoms with Gasteiger partial charge >= 0.3 is 5.97 Å². The number of rotatable bonds is 14. The maximum absolute atomic E-state index is 10.3. The summed E-state index contributed by atoms with van der Waals surface area (Å²) in [4.78, 5) is 10.3. The van der Waals surface area contributed by atoms with Gasteiger partial charge in [0.15, 0.2) is 0 Å². The predicted molar refractivity (Wildman–Crippen MR) is 105 cm³/mol. The van der Waals surface area contributed by atoms with E-state index in [4.69, 9.17) is 5.11 Å². The summed E-state index contributed by atoms with van der Waals surface area (Å²) in [6.45, 7) is 2.15. The fourth-order valence-corrected chi connectivity index (χ4v) is 1.86. The van der Waals surface area contributed by atoms with E-state index >= 15 is 0 Å². The minimum Gasteiger partial charge on any atom is -0.481 e. The van der Waals surface area contributed by atoms with Gasteiger partial charge in [-0.2, -0.15) is 0 Å². The molecule has 0 atom stereocenters. The van der Waals surface area contributed by atoms with Crippen molar-refractivity contribution < 1.29 is 9.90 Å². The minimum absolute atomic E-state index is 0.245. The standard InChI is InChI=1S/C22H32O2/c1-2-3-4-5-6-7-8-9-10-11-12-13-14-15-16-17-18-19-20-21-22(23)24/h3-4,7-10,12-13,15-18H,2,5-6,11,14,19-21H2,1H3,(H,23,24)/b4-3-,8-7+,10-9-,13-12-,16-15-,18-17+. The number of carboxylic acid groups (broad SMARTS) is 1. The molecule has 0 amide bonds. The Bertz CT molecular complexity index is 462. The molecule has 0 aliphatic heterocycles. The monoisotopic (exact) mass is 328 g/mol. The zero-order valence-corrected chi connectivity index (χ0v) is 14.9. The second-order valence-corrected chi connectivity index (χ2v) is 5.40. The molecule has 0 unspecified atom stereocenters. The third-order valence-corrected chi connectivity index (χ3v) is 3.14. The van der Waals surface area contributed by atoms with Crippen molar-refractivity contribution in [3.63, 3.8) is 0 Å². The van der Waals surface area contributed by atoms with Gasteiger partial charge in [0.2, 0.25) is 0 Å². The Balaban J connectivity index is 3.54. The molecule has 0 spiro atoms. The van der Waals surface area contributed by atoms with Crippen LogP contribution in [0, 0.1) is 0 Å². The average molecular weight is 328 g/mol. The van der Waals surface area contributed by atoms with Crippen molar-refractivity contribution in [1.82, 2.24) is 0 Å². The van der Waals surface area contributed by atoms with Crippen LogP contribution >= 0.6 is 0 Å². The molecule has 0 heterocycles. The first kappa shape index (κ1) is 21.9. The molecule has 0 aliphatic carbocycles. The second kappa shape index (κ2) is 19.0. The number of carboxylic acids is 1. The number of hydrogen-bond donors (Lipinski definition) is 1. The van der Waals surface area contributed by atoms with Crippen LogP contribution in [0.25, 0.3) is 0 Å². The Kier molecular flexibility index (Phi) is 17.3. The zero-order chi connectivity index (χ0) is 17.7. The number of unbranched alkanes of at least 4 members (excludes halogenated alkanes) is 2. The molecule has 24 heavy (non-hydrogen) atoms. The van der Waals surface area contributed by atoms with Gasteiger partial charge < -0.3 is 5.11 Å². The van der Waals surface area contributed by atoms with Gasteiger partial charge in [-0.3, -0.25) is 4.79 Å². The summed E-state index contributed by atoms with van der Waals surface area (Å²) in [5.74, 6) is -0.724. The van der Waals surface area contributed by atoms with Crippen LogP contribution in [0.1, 0.15) is 58.3 Å². The van der Waals surface area contributed by atoms with Crippen molar-refractivity contribution in [2.45, 2.75) is 58.3 Å². The predicted octanol–water partition coefficient (Wildman–Crippen LogP) is 6.55. The van der Waals surface area contributed by atoms with Crippen LogP contribution in [0.5, 0.6) is 0 Å². The van der Waals surface area contributed by atoms with Gasteiger partial charge in [-0.05, 0) is 44.9 Å². The molecule has 132 valence electrons. The van der Waals surface area contributed by atoms with Gasteiger partial charge in [0.25, 0.3) is 0 Å². The average Bonchev–Trinajstić information content (AvgIpc) is 2.56. The van der Waals surface area contributed by atoms with Crippen LogP contribution in [0.4, 0.5) is 0 Å². The van der Waals surface area contributed by atoms with Crippen molar-refractivity contribution in [3.8, 4) is 0 Å². The van der Waals surface area contributed by atoms with Gasteiger partial charge in [-0.15, -0.1) is 0 Å². The van der Waals surface area contributed by atoms with Crippen LogP contribution in [0.3, 0.4) is 0 Å². The molecule has 2 nitrogen and oxygen atoms in total. The first-order valence-electron chi connectivity index (χ1n) is 8.92. The van der Waals surface area contributed by atoms with E-state index in [0.29, 0.717) is 6.42 Å². The molecule has 0 aromatic carbocycles. The molecule has 0 rings (SSSR count). The molecule has 0 aromatic heterocycles. The molecule has 2 heteroatoms. The fourth-order valence-electron chi connectivity index (χ4n) is 1.86. The molecular weight excluding hydrogens is 296 g/mol. The van der Waals surface area contributed by atoms with E-state index in [1.807, 2.05) is 18.2 Å². The van der Waals surface area contributed by atoms with E-state index in [-0.39, 0.29) is 6.42 Å². The Morgan fingerprint density at radius 1 is 0.708 bits per heavy atom. The zero-order valence-electron chi connectivity index (χ0n) is 14.9. The summed E-state index contributed by atoms with van der Waals surface area (Å²) in [7, 11) is 0. The van der Waals surface area contributed by atoms with E-state index in [2.05, 4.69) is 61.6 Å². The van der Waals surface area contributed by atoms with E-state index in [9.17, 15) is 4.79 Å². The highest BCUT2D eigenvalue weighted by Gasteiger charge is 1.92. The van der Waals surface area contributed by atoms with E-state index in [0.717, 1.165) is 38.5 Å². The third-order valence-electron chi connectivity index (χ3n) is 3.14. The summed E-state index contributed by atoms with van der Waals surface area (Å²) < 4.78 is 0. The van der Waals surface area contributed by atoms with Crippen molar-refractivity contribution in [3.05, 3.63) is 72.9 Å². The van der Waals surface area contributed by atoms with Crippen molar-refractivity contribution in [1.29, 1.82) is 0 Å². The molecule has 0 saturated carbocycles. The van der Waals surface area contributed by atoms with Gasteiger partial charge in [-0.1, -0.05) is 79.8 Å². The van der Waals surface area contributed by atoms with Crippen molar-refractivity contribution in [2.75, 3.05) is 0 Å². The van der Waals surface area contributed by atoms with Gasteiger partial charge in [-0.25, -0.2) is 0 Å². The summed E-state index contributed by atoms with van der Waals surface area (Å²) in [6.07, 6.45) is 32.4. The number of hydrogen-bond acceptors (Lipinski definition) is 1. The Labute approximate surface area is 147 Å². The van der Waals surface area contributed by atoms with Crippen LogP contribution < -0.4 is 0 Å². The molecule has 1 N–H and O–H groups in total. The molecular formula is C22H32O2. The highest BCUT2D eigenvalue weighted by Crippen LogP contribution is 1.98. The number of allylic oxidation sites excluding steroid dienone is 12. The van der Waals surface area contributed by atoms with E-state index < -0.39 is 5.97 Å². The fraction of sp³-hybridized carbons (Fsp3) is 0.409. The number of carbonyl (C=O) groups is 1. The minimum atomic E-state index is -0.724. The number of aliphatic carboxylic acids is 1. The maximum Gasteiger partial charge on any atom is 0.303 e. The van der Waals surface area contributed by atoms with Gasteiger partial charge in [0.05, 0.1) is 0 Å². The first-order chi connectivity index (χ1) is 11.8. The lowest BCUT2D eigenvalue weighted by Gasteiger charge is -1.89. The summed E-state index contributed by atoms with van der Waals surface area (Å²) in [5.41, 5.74) is 0. The normalized spacial score (nSPS) is 13.0. The second-order valence-electron chi connectivity index (χ2n) is 5.40. The highest BCUT2D eigenvalue weighted by atomic mass is 16.4. The van der Waals surface area contributed by atoms with Crippen molar-refractivity contribution >= 4 is 5.97 Å². The van der Waals surface area contributed by atoms with Gasteiger partial charge in [0, 0.05) is 6.42 Å². The Hall–Kier alpha value is -2.09.